The van der Waals surface area contributed by atoms with Crippen molar-refractivity contribution in [1.29, 1.82) is 0 Å². The van der Waals surface area contributed by atoms with Gasteiger partial charge in [-0.05, 0) is 43.5 Å². The minimum absolute atomic E-state index is 0.282. The van der Waals surface area contributed by atoms with E-state index in [4.69, 9.17) is 5.73 Å². The Balaban J connectivity index is 1.97. The molecule has 16 heavy (non-hydrogen) atoms. The van der Waals surface area contributed by atoms with E-state index in [0.29, 0.717) is 5.41 Å². The van der Waals surface area contributed by atoms with E-state index in [1.54, 1.807) is 0 Å². The molecule has 1 aromatic carbocycles. The predicted molar refractivity (Wildman–Crippen MR) is 66.2 cm³/mol. The highest BCUT2D eigenvalue weighted by molar-refractivity contribution is 5.41. The standard InChI is InChI=1S/C14H20N2/c1-10(15)14(5-6-14)13-4-3-11-8-16(2)9-12(11)7-13/h3-4,7,10H,5-6,8-9,15H2,1-2H3. The average molecular weight is 216 g/mol. The Morgan fingerprint density at radius 3 is 2.56 bits per heavy atom. The van der Waals surface area contributed by atoms with Gasteiger partial charge in [0.1, 0.15) is 0 Å². The Kier molecular flexibility index (Phi) is 2.13. The first-order chi connectivity index (χ1) is 7.62. The first kappa shape index (κ1) is 10.3. The van der Waals surface area contributed by atoms with Gasteiger partial charge in [-0.3, -0.25) is 4.90 Å². The molecule has 2 aliphatic rings. The highest BCUT2D eigenvalue weighted by Gasteiger charge is 2.47. The molecule has 1 atom stereocenters. The molecule has 1 saturated carbocycles. The fourth-order valence-corrected chi connectivity index (χ4v) is 3.02. The van der Waals surface area contributed by atoms with Crippen molar-refractivity contribution >= 4 is 0 Å². The van der Waals surface area contributed by atoms with Crippen molar-refractivity contribution < 1.29 is 0 Å². The van der Waals surface area contributed by atoms with Crippen molar-refractivity contribution in [2.45, 2.75) is 44.3 Å². The molecule has 0 saturated heterocycles. The summed E-state index contributed by atoms with van der Waals surface area (Å²) in [6, 6.07) is 7.28. The third kappa shape index (κ3) is 1.40. The quantitative estimate of drug-likeness (QED) is 0.819. The molecule has 1 fully saturated rings. The van der Waals surface area contributed by atoms with Crippen molar-refractivity contribution in [1.82, 2.24) is 4.90 Å². The fourth-order valence-electron chi connectivity index (χ4n) is 3.02. The molecule has 1 heterocycles. The van der Waals surface area contributed by atoms with Crippen molar-refractivity contribution in [2.24, 2.45) is 5.73 Å². The van der Waals surface area contributed by atoms with Crippen LogP contribution in [0, 0.1) is 0 Å². The molecule has 1 unspecified atom stereocenters. The van der Waals surface area contributed by atoms with Gasteiger partial charge in [0.15, 0.2) is 0 Å². The summed E-state index contributed by atoms with van der Waals surface area (Å²) in [5, 5.41) is 0. The van der Waals surface area contributed by atoms with Crippen molar-refractivity contribution in [3.63, 3.8) is 0 Å². The first-order valence-electron chi connectivity index (χ1n) is 6.18. The summed E-state index contributed by atoms with van der Waals surface area (Å²) in [7, 11) is 2.18. The second kappa shape index (κ2) is 3.31. The molecule has 86 valence electrons. The van der Waals surface area contributed by atoms with Gasteiger partial charge in [-0.25, -0.2) is 0 Å². The smallest absolute Gasteiger partial charge is 0.0237 e. The molecule has 2 heteroatoms. The maximum atomic E-state index is 6.13. The molecular weight excluding hydrogens is 196 g/mol. The molecule has 1 aliphatic heterocycles. The lowest BCUT2D eigenvalue weighted by Gasteiger charge is -2.20. The van der Waals surface area contributed by atoms with Gasteiger partial charge >= 0.3 is 0 Å². The van der Waals surface area contributed by atoms with Gasteiger partial charge in [-0.2, -0.15) is 0 Å². The number of nitrogens with zero attached hydrogens (tertiary/aromatic N) is 1. The summed E-state index contributed by atoms with van der Waals surface area (Å²) in [5.74, 6) is 0. The molecule has 0 amide bonds. The SMILES string of the molecule is CC(N)C1(c2ccc3c(c2)CN(C)C3)CC1. The molecule has 2 nitrogen and oxygen atoms in total. The molecule has 0 spiro atoms. The van der Waals surface area contributed by atoms with Crippen LogP contribution in [0.4, 0.5) is 0 Å². The Labute approximate surface area is 97.4 Å². The van der Waals surface area contributed by atoms with Crippen molar-refractivity contribution in [3.05, 3.63) is 34.9 Å². The largest absolute Gasteiger partial charge is 0.327 e. The van der Waals surface area contributed by atoms with E-state index in [1.807, 2.05) is 0 Å². The lowest BCUT2D eigenvalue weighted by molar-refractivity contribution is 0.353. The summed E-state index contributed by atoms with van der Waals surface area (Å²) < 4.78 is 0. The van der Waals surface area contributed by atoms with E-state index in [0.717, 1.165) is 13.1 Å². The van der Waals surface area contributed by atoms with Gasteiger partial charge in [0, 0.05) is 24.5 Å². The van der Waals surface area contributed by atoms with Crippen molar-refractivity contribution in [3.8, 4) is 0 Å². The van der Waals surface area contributed by atoms with Gasteiger partial charge in [-0.1, -0.05) is 18.2 Å². The normalized spacial score (nSPS) is 24.2. The van der Waals surface area contributed by atoms with E-state index in [1.165, 1.54) is 29.5 Å². The van der Waals surface area contributed by atoms with Crippen LogP contribution in [-0.4, -0.2) is 18.0 Å². The molecule has 0 aromatic heterocycles. The molecule has 1 aromatic rings. The van der Waals surface area contributed by atoms with Gasteiger partial charge in [0.05, 0.1) is 0 Å². The number of benzene rings is 1. The van der Waals surface area contributed by atoms with Crippen LogP contribution in [0.25, 0.3) is 0 Å². The Morgan fingerprint density at radius 1 is 1.25 bits per heavy atom. The van der Waals surface area contributed by atoms with E-state index < -0.39 is 0 Å². The Hall–Kier alpha value is -0.860. The van der Waals surface area contributed by atoms with Crippen LogP contribution in [0.3, 0.4) is 0 Å². The zero-order valence-corrected chi connectivity index (χ0v) is 10.2. The Morgan fingerprint density at radius 2 is 1.94 bits per heavy atom. The van der Waals surface area contributed by atoms with Crippen LogP contribution in [0.1, 0.15) is 36.5 Å². The molecule has 3 rings (SSSR count). The summed E-state index contributed by atoms with van der Waals surface area (Å²) in [6.45, 7) is 4.34. The van der Waals surface area contributed by atoms with Crippen LogP contribution in [0.15, 0.2) is 18.2 Å². The molecular formula is C14H20N2. The van der Waals surface area contributed by atoms with E-state index in [9.17, 15) is 0 Å². The topological polar surface area (TPSA) is 29.3 Å². The van der Waals surface area contributed by atoms with Gasteiger partial charge in [-0.15, -0.1) is 0 Å². The van der Waals surface area contributed by atoms with Crippen molar-refractivity contribution in [2.75, 3.05) is 7.05 Å². The van der Waals surface area contributed by atoms with Crippen LogP contribution in [0.5, 0.6) is 0 Å². The molecule has 1 aliphatic carbocycles. The van der Waals surface area contributed by atoms with E-state index >= 15 is 0 Å². The third-order valence-corrected chi connectivity index (χ3v) is 4.32. The minimum Gasteiger partial charge on any atom is -0.327 e. The minimum atomic E-state index is 0.282. The number of hydrogen-bond acceptors (Lipinski definition) is 2. The number of hydrogen-bond donors (Lipinski definition) is 1. The highest BCUT2D eigenvalue weighted by Crippen LogP contribution is 2.50. The highest BCUT2D eigenvalue weighted by atomic mass is 15.1. The fraction of sp³-hybridized carbons (Fsp3) is 0.571. The average Bonchev–Trinajstić information content (AvgIpc) is 2.95. The maximum Gasteiger partial charge on any atom is 0.0237 e. The lowest BCUT2D eigenvalue weighted by atomic mass is 9.88. The van der Waals surface area contributed by atoms with Gasteiger partial charge < -0.3 is 5.73 Å². The maximum absolute atomic E-state index is 6.13. The summed E-state index contributed by atoms with van der Waals surface area (Å²) in [4.78, 5) is 2.36. The first-order valence-corrected chi connectivity index (χ1v) is 6.18. The summed E-state index contributed by atoms with van der Waals surface area (Å²) in [6.07, 6.45) is 2.53. The zero-order chi connectivity index (χ0) is 11.3. The molecule has 0 radical (unpaired) electrons. The Bertz CT molecular complexity index is 419. The predicted octanol–water partition coefficient (Wildman–Crippen LogP) is 2.01. The molecule has 0 bridgehead atoms. The van der Waals surface area contributed by atoms with E-state index in [-0.39, 0.29) is 6.04 Å². The third-order valence-electron chi connectivity index (χ3n) is 4.32. The van der Waals surface area contributed by atoms with Gasteiger partial charge in [0.2, 0.25) is 0 Å². The lowest BCUT2D eigenvalue weighted by Crippen LogP contribution is -2.31. The monoisotopic (exact) mass is 216 g/mol. The number of nitrogens with two attached hydrogens (primary N) is 1. The van der Waals surface area contributed by atoms with E-state index in [2.05, 4.69) is 37.1 Å². The number of rotatable bonds is 2. The van der Waals surface area contributed by atoms with Crippen LogP contribution < -0.4 is 5.73 Å². The summed E-state index contributed by atoms with van der Waals surface area (Å²) >= 11 is 0. The van der Waals surface area contributed by atoms with Gasteiger partial charge in [0.25, 0.3) is 0 Å². The second-order valence-corrected chi connectivity index (χ2v) is 5.60. The van der Waals surface area contributed by atoms with Crippen LogP contribution in [0.2, 0.25) is 0 Å². The zero-order valence-electron chi connectivity index (χ0n) is 10.2. The molecule has 2 N–H and O–H groups in total. The van der Waals surface area contributed by atoms with Crippen LogP contribution >= 0.6 is 0 Å². The summed E-state index contributed by atoms with van der Waals surface area (Å²) in [5.41, 5.74) is 10.9. The second-order valence-electron chi connectivity index (χ2n) is 5.60. The number of fused-ring (bicyclic) bond motifs is 1. The van der Waals surface area contributed by atoms with Crippen LogP contribution in [-0.2, 0) is 18.5 Å².